The molecule has 114 valence electrons. The van der Waals surface area contributed by atoms with E-state index in [4.69, 9.17) is 11.6 Å². The Kier molecular flexibility index (Phi) is 4.56. The van der Waals surface area contributed by atoms with Crippen LogP contribution in [0.3, 0.4) is 0 Å². The third-order valence-electron chi connectivity index (χ3n) is 3.15. The minimum Gasteiger partial charge on any atom is -0.295 e. The smallest absolute Gasteiger partial charge is 0.295 e. The summed E-state index contributed by atoms with van der Waals surface area (Å²) in [5.41, 5.74) is -0.0428. The number of hydrogen-bond acceptors (Lipinski definition) is 2. The van der Waals surface area contributed by atoms with E-state index in [0.717, 1.165) is 4.57 Å². The predicted octanol–water partition coefficient (Wildman–Crippen LogP) is 4.04. The summed E-state index contributed by atoms with van der Waals surface area (Å²) >= 11 is 6.11. The molecule has 0 saturated heterocycles. The van der Waals surface area contributed by atoms with Crippen molar-refractivity contribution < 1.29 is 13.2 Å². The molecule has 1 aromatic heterocycles. The lowest BCUT2D eigenvalue weighted by Crippen LogP contribution is -2.28. The zero-order chi connectivity index (χ0) is 15.6. The minimum atomic E-state index is -4.34. The molecule has 0 bridgehead atoms. The summed E-state index contributed by atoms with van der Waals surface area (Å²) < 4.78 is 38.3. The quantitative estimate of drug-likeness (QED) is 0.797. The summed E-state index contributed by atoms with van der Waals surface area (Å²) in [7, 11) is 0. The van der Waals surface area contributed by atoms with Gasteiger partial charge in [-0.2, -0.15) is 13.2 Å². The molecular weight excluding hydrogens is 305 g/mol. The molecular formula is C14H14ClF3N2O. The number of halogens is 4. The van der Waals surface area contributed by atoms with Crippen molar-refractivity contribution in [2.24, 2.45) is 0 Å². The van der Waals surface area contributed by atoms with Crippen LogP contribution in [0.4, 0.5) is 13.2 Å². The van der Waals surface area contributed by atoms with Crippen LogP contribution in [0.1, 0.15) is 31.0 Å². The van der Waals surface area contributed by atoms with Crippen LogP contribution in [-0.4, -0.2) is 15.7 Å². The van der Waals surface area contributed by atoms with Gasteiger partial charge in [-0.25, -0.2) is 4.98 Å². The van der Waals surface area contributed by atoms with Gasteiger partial charge in [0.05, 0.1) is 22.7 Å². The second-order valence-electron chi connectivity index (χ2n) is 4.68. The molecule has 0 fully saturated rings. The average Bonchev–Trinajstić information content (AvgIpc) is 2.44. The van der Waals surface area contributed by atoms with Gasteiger partial charge in [0, 0.05) is 6.54 Å². The van der Waals surface area contributed by atoms with Gasteiger partial charge in [0.25, 0.3) is 5.56 Å². The highest BCUT2D eigenvalue weighted by Gasteiger charge is 2.28. The maximum Gasteiger partial charge on any atom is 0.390 e. The molecule has 21 heavy (non-hydrogen) atoms. The zero-order valence-corrected chi connectivity index (χ0v) is 12.1. The number of fused-ring (bicyclic) bond motifs is 1. The van der Waals surface area contributed by atoms with Crippen molar-refractivity contribution in [2.75, 3.05) is 0 Å². The van der Waals surface area contributed by atoms with Crippen LogP contribution in [0.5, 0.6) is 0 Å². The summed E-state index contributed by atoms with van der Waals surface area (Å²) in [5.74, 6) is 0.187. The number of alkyl halides is 4. The molecule has 2 aromatic rings. The first-order valence-electron chi connectivity index (χ1n) is 6.53. The molecule has 3 nitrogen and oxygen atoms in total. The van der Waals surface area contributed by atoms with E-state index < -0.39 is 30.1 Å². The van der Waals surface area contributed by atoms with E-state index >= 15 is 0 Å². The second kappa shape index (κ2) is 6.05. The molecule has 0 aliphatic carbocycles. The zero-order valence-electron chi connectivity index (χ0n) is 11.3. The molecule has 2 rings (SSSR count). The van der Waals surface area contributed by atoms with Crippen LogP contribution in [0.25, 0.3) is 10.9 Å². The maximum absolute atomic E-state index is 12.4. The fourth-order valence-electron chi connectivity index (χ4n) is 2.06. The van der Waals surface area contributed by atoms with Gasteiger partial charge >= 0.3 is 6.18 Å². The number of aromatic nitrogens is 2. The topological polar surface area (TPSA) is 34.9 Å². The molecule has 0 aliphatic rings. The van der Waals surface area contributed by atoms with E-state index in [2.05, 4.69) is 4.98 Å². The van der Waals surface area contributed by atoms with E-state index in [1.165, 1.54) is 0 Å². The SMILES string of the molecule is CCC(Cl)c1nc2ccccc2c(=O)n1CCC(F)(F)F. The van der Waals surface area contributed by atoms with Crippen LogP contribution in [0.2, 0.25) is 0 Å². The van der Waals surface area contributed by atoms with Gasteiger partial charge < -0.3 is 0 Å². The highest BCUT2D eigenvalue weighted by Crippen LogP contribution is 2.25. The van der Waals surface area contributed by atoms with Crippen LogP contribution in [0, 0.1) is 0 Å². The standard InChI is InChI=1S/C14H14ClF3N2O/c1-2-10(15)12-19-11-6-4-3-5-9(11)13(21)20(12)8-7-14(16,17)18/h3-6,10H,2,7-8H2,1H3. The van der Waals surface area contributed by atoms with Gasteiger partial charge in [0.1, 0.15) is 5.82 Å². The van der Waals surface area contributed by atoms with Gasteiger partial charge in [-0.1, -0.05) is 19.1 Å². The Morgan fingerprint density at radius 3 is 2.62 bits per heavy atom. The van der Waals surface area contributed by atoms with E-state index in [1.54, 1.807) is 31.2 Å². The van der Waals surface area contributed by atoms with Gasteiger partial charge in [0.15, 0.2) is 0 Å². The Hall–Kier alpha value is -1.56. The minimum absolute atomic E-state index is 0.187. The van der Waals surface area contributed by atoms with Crippen molar-refractivity contribution in [3.05, 3.63) is 40.4 Å². The number of benzene rings is 1. The molecule has 0 radical (unpaired) electrons. The monoisotopic (exact) mass is 318 g/mol. The predicted molar refractivity (Wildman–Crippen MR) is 75.6 cm³/mol. The third-order valence-corrected chi connectivity index (χ3v) is 3.65. The number of rotatable bonds is 4. The summed E-state index contributed by atoms with van der Waals surface area (Å²) in [5, 5.41) is -0.307. The molecule has 0 saturated carbocycles. The number of para-hydroxylation sites is 1. The molecule has 0 aliphatic heterocycles. The second-order valence-corrected chi connectivity index (χ2v) is 5.21. The van der Waals surface area contributed by atoms with Crippen molar-refractivity contribution in [1.29, 1.82) is 0 Å². The number of nitrogens with zero attached hydrogens (tertiary/aromatic N) is 2. The molecule has 7 heteroatoms. The highest BCUT2D eigenvalue weighted by atomic mass is 35.5. The van der Waals surface area contributed by atoms with E-state index in [-0.39, 0.29) is 5.82 Å². The van der Waals surface area contributed by atoms with E-state index in [0.29, 0.717) is 17.3 Å². The molecule has 1 atom stereocenters. The van der Waals surface area contributed by atoms with E-state index in [9.17, 15) is 18.0 Å². The van der Waals surface area contributed by atoms with E-state index in [1.807, 2.05) is 0 Å². The normalized spacial score (nSPS) is 13.6. The molecule has 0 spiro atoms. The fourth-order valence-corrected chi connectivity index (χ4v) is 2.23. The Labute approximate surface area is 124 Å². The van der Waals surface area contributed by atoms with Crippen molar-refractivity contribution in [2.45, 2.75) is 37.9 Å². The summed E-state index contributed by atoms with van der Waals surface area (Å²) in [4.78, 5) is 16.7. The Bertz CT molecular complexity index is 697. The highest BCUT2D eigenvalue weighted by molar-refractivity contribution is 6.20. The third kappa shape index (κ3) is 3.56. The lowest BCUT2D eigenvalue weighted by molar-refractivity contribution is -0.136. The first-order chi connectivity index (χ1) is 9.83. The first kappa shape index (κ1) is 15.8. The first-order valence-corrected chi connectivity index (χ1v) is 6.97. The molecule has 0 amide bonds. The van der Waals surface area contributed by atoms with Crippen molar-refractivity contribution >= 4 is 22.5 Å². The van der Waals surface area contributed by atoms with Crippen molar-refractivity contribution in [3.63, 3.8) is 0 Å². The van der Waals surface area contributed by atoms with Gasteiger partial charge in [-0.15, -0.1) is 11.6 Å². The lowest BCUT2D eigenvalue weighted by atomic mass is 10.2. The Morgan fingerprint density at radius 2 is 2.00 bits per heavy atom. The fraction of sp³-hybridized carbons (Fsp3) is 0.429. The van der Waals surface area contributed by atoms with Crippen LogP contribution < -0.4 is 5.56 Å². The van der Waals surface area contributed by atoms with Gasteiger partial charge in [0.2, 0.25) is 0 Å². The molecule has 1 aromatic carbocycles. The molecule has 1 unspecified atom stereocenters. The number of hydrogen-bond donors (Lipinski definition) is 0. The molecule has 1 heterocycles. The Morgan fingerprint density at radius 1 is 1.33 bits per heavy atom. The maximum atomic E-state index is 12.4. The largest absolute Gasteiger partial charge is 0.390 e. The van der Waals surface area contributed by atoms with Gasteiger partial charge in [-0.3, -0.25) is 9.36 Å². The van der Waals surface area contributed by atoms with Crippen LogP contribution in [-0.2, 0) is 6.54 Å². The van der Waals surface area contributed by atoms with Gasteiger partial charge in [-0.05, 0) is 18.6 Å². The Balaban J connectivity index is 2.58. The van der Waals surface area contributed by atoms with Crippen LogP contribution >= 0.6 is 11.6 Å². The average molecular weight is 319 g/mol. The summed E-state index contributed by atoms with van der Waals surface area (Å²) in [6.07, 6.45) is -4.96. The van der Waals surface area contributed by atoms with Crippen molar-refractivity contribution in [3.8, 4) is 0 Å². The molecule has 0 N–H and O–H groups in total. The van der Waals surface area contributed by atoms with Crippen molar-refractivity contribution in [1.82, 2.24) is 9.55 Å². The van der Waals surface area contributed by atoms with Crippen LogP contribution in [0.15, 0.2) is 29.1 Å². The summed E-state index contributed by atoms with van der Waals surface area (Å²) in [6, 6.07) is 6.56. The summed E-state index contributed by atoms with van der Waals surface area (Å²) in [6.45, 7) is 1.31. The lowest BCUT2D eigenvalue weighted by Gasteiger charge is -2.17.